The summed E-state index contributed by atoms with van der Waals surface area (Å²) in [4.78, 5) is 0. The van der Waals surface area contributed by atoms with Crippen LogP contribution in [0.2, 0.25) is 0 Å². The van der Waals surface area contributed by atoms with Crippen LogP contribution in [0.25, 0.3) is 0 Å². The number of thiophene rings is 1. The Hall–Kier alpha value is -0.340. The summed E-state index contributed by atoms with van der Waals surface area (Å²) in [6.07, 6.45) is 2.39. The van der Waals surface area contributed by atoms with Gasteiger partial charge in [0.1, 0.15) is 0 Å². The van der Waals surface area contributed by atoms with Crippen molar-refractivity contribution in [2.75, 3.05) is 13.1 Å². The molecular weight excluding hydrogens is 190 g/mol. The summed E-state index contributed by atoms with van der Waals surface area (Å²) in [5.74, 6) is 0. The molecule has 1 aromatic heterocycles. The van der Waals surface area contributed by atoms with Crippen molar-refractivity contribution in [3.63, 3.8) is 0 Å². The SMILES string of the molecule is CCCNCC(C)(C)Cc1ccsc1. The molecule has 1 N–H and O–H groups in total. The van der Waals surface area contributed by atoms with E-state index in [1.165, 1.54) is 18.4 Å². The van der Waals surface area contributed by atoms with Gasteiger partial charge in [-0.1, -0.05) is 20.8 Å². The Morgan fingerprint density at radius 1 is 1.43 bits per heavy atom. The molecule has 1 nitrogen and oxygen atoms in total. The molecule has 0 aliphatic carbocycles. The summed E-state index contributed by atoms with van der Waals surface area (Å²) < 4.78 is 0. The maximum Gasteiger partial charge on any atom is 0.000570 e. The van der Waals surface area contributed by atoms with Gasteiger partial charge in [0.25, 0.3) is 0 Å². The molecule has 80 valence electrons. The summed E-state index contributed by atoms with van der Waals surface area (Å²) in [5, 5.41) is 7.90. The second kappa shape index (κ2) is 5.52. The third-order valence-corrected chi connectivity index (χ3v) is 3.03. The quantitative estimate of drug-likeness (QED) is 0.712. The van der Waals surface area contributed by atoms with E-state index in [9.17, 15) is 0 Å². The molecule has 14 heavy (non-hydrogen) atoms. The predicted molar refractivity (Wildman–Crippen MR) is 65.0 cm³/mol. The van der Waals surface area contributed by atoms with Gasteiger partial charge in [-0.2, -0.15) is 11.3 Å². The van der Waals surface area contributed by atoms with Crippen LogP contribution in [-0.4, -0.2) is 13.1 Å². The molecule has 0 spiro atoms. The topological polar surface area (TPSA) is 12.0 Å². The van der Waals surface area contributed by atoms with Crippen molar-refractivity contribution in [1.82, 2.24) is 5.32 Å². The van der Waals surface area contributed by atoms with Gasteiger partial charge in [0.2, 0.25) is 0 Å². The highest BCUT2D eigenvalue weighted by Gasteiger charge is 2.17. The monoisotopic (exact) mass is 211 g/mol. The lowest BCUT2D eigenvalue weighted by Gasteiger charge is -2.24. The van der Waals surface area contributed by atoms with E-state index >= 15 is 0 Å². The molecular formula is C12H21NS. The summed E-state index contributed by atoms with van der Waals surface area (Å²) in [7, 11) is 0. The van der Waals surface area contributed by atoms with Gasteiger partial charge in [-0.3, -0.25) is 0 Å². The molecule has 0 aliphatic heterocycles. The maximum atomic E-state index is 3.49. The van der Waals surface area contributed by atoms with Crippen LogP contribution >= 0.6 is 11.3 Å². The van der Waals surface area contributed by atoms with Gasteiger partial charge < -0.3 is 5.32 Å². The second-order valence-corrected chi connectivity index (χ2v) is 5.43. The molecule has 0 aromatic carbocycles. The molecule has 0 radical (unpaired) electrons. The van der Waals surface area contributed by atoms with Crippen LogP contribution in [0.4, 0.5) is 0 Å². The predicted octanol–water partition coefficient (Wildman–Crippen LogP) is 3.32. The van der Waals surface area contributed by atoms with Gasteiger partial charge in [-0.25, -0.2) is 0 Å². The van der Waals surface area contributed by atoms with Crippen LogP contribution in [0.15, 0.2) is 16.8 Å². The molecule has 0 atom stereocenters. The van der Waals surface area contributed by atoms with Crippen LogP contribution < -0.4 is 5.32 Å². The third kappa shape index (κ3) is 4.25. The zero-order chi connectivity index (χ0) is 10.4. The lowest BCUT2D eigenvalue weighted by Crippen LogP contribution is -2.31. The average Bonchev–Trinajstić information content (AvgIpc) is 2.56. The fourth-order valence-corrected chi connectivity index (χ4v) is 2.28. The molecule has 0 bridgehead atoms. The van der Waals surface area contributed by atoms with Gasteiger partial charge >= 0.3 is 0 Å². The summed E-state index contributed by atoms with van der Waals surface area (Å²) in [6, 6.07) is 2.23. The Morgan fingerprint density at radius 3 is 2.79 bits per heavy atom. The van der Waals surface area contributed by atoms with E-state index in [0.717, 1.165) is 13.1 Å². The van der Waals surface area contributed by atoms with Crippen LogP contribution in [-0.2, 0) is 6.42 Å². The number of nitrogens with one attached hydrogen (secondary N) is 1. The molecule has 0 amide bonds. The van der Waals surface area contributed by atoms with Crippen LogP contribution in [0.3, 0.4) is 0 Å². The first kappa shape index (κ1) is 11.7. The van der Waals surface area contributed by atoms with Crippen molar-refractivity contribution in [2.24, 2.45) is 5.41 Å². The minimum Gasteiger partial charge on any atom is -0.316 e. The van der Waals surface area contributed by atoms with E-state index in [2.05, 4.69) is 42.9 Å². The fraction of sp³-hybridized carbons (Fsp3) is 0.667. The molecule has 1 aromatic rings. The van der Waals surface area contributed by atoms with Crippen molar-refractivity contribution in [1.29, 1.82) is 0 Å². The van der Waals surface area contributed by atoms with E-state index in [0.29, 0.717) is 5.41 Å². The smallest absolute Gasteiger partial charge is 0.000570 e. The highest BCUT2D eigenvalue weighted by Crippen LogP contribution is 2.22. The molecule has 1 rings (SSSR count). The normalized spacial score (nSPS) is 11.9. The zero-order valence-electron chi connectivity index (χ0n) is 9.47. The van der Waals surface area contributed by atoms with Crippen molar-refractivity contribution >= 4 is 11.3 Å². The Labute approximate surface area is 91.5 Å². The first-order valence-corrected chi connectivity index (χ1v) is 6.30. The number of hydrogen-bond donors (Lipinski definition) is 1. The first-order valence-electron chi connectivity index (χ1n) is 5.36. The Kier molecular flexibility index (Phi) is 4.63. The van der Waals surface area contributed by atoms with Crippen molar-refractivity contribution in [3.05, 3.63) is 22.4 Å². The van der Waals surface area contributed by atoms with Gasteiger partial charge in [0, 0.05) is 6.54 Å². The van der Waals surface area contributed by atoms with Gasteiger partial charge in [0.15, 0.2) is 0 Å². The molecule has 2 heteroatoms. The van der Waals surface area contributed by atoms with Crippen molar-refractivity contribution < 1.29 is 0 Å². The largest absolute Gasteiger partial charge is 0.316 e. The lowest BCUT2D eigenvalue weighted by atomic mass is 9.86. The Balaban J connectivity index is 2.33. The first-order chi connectivity index (χ1) is 6.64. The minimum absolute atomic E-state index is 0.371. The second-order valence-electron chi connectivity index (χ2n) is 4.65. The highest BCUT2D eigenvalue weighted by molar-refractivity contribution is 7.07. The summed E-state index contributed by atoms with van der Waals surface area (Å²) in [5.41, 5.74) is 1.84. The van der Waals surface area contributed by atoms with E-state index in [1.54, 1.807) is 11.3 Å². The van der Waals surface area contributed by atoms with E-state index < -0.39 is 0 Å². The molecule has 0 aliphatic rings. The number of rotatable bonds is 6. The van der Waals surface area contributed by atoms with Crippen molar-refractivity contribution in [3.8, 4) is 0 Å². The van der Waals surface area contributed by atoms with E-state index in [-0.39, 0.29) is 0 Å². The maximum absolute atomic E-state index is 3.49. The van der Waals surface area contributed by atoms with Gasteiger partial charge in [0.05, 0.1) is 0 Å². The van der Waals surface area contributed by atoms with Crippen LogP contribution in [0.5, 0.6) is 0 Å². The fourth-order valence-electron chi connectivity index (χ4n) is 1.61. The molecule has 1 heterocycles. The molecule has 0 unspecified atom stereocenters. The zero-order valence-corrected chi connectivity index (χ0v) is 10.3. The summed E-state index contributed by atoms with van der Waals surface area (Å²) in [6.45, 7) is 9.10. The molecule has 0 saturated heterocycles. The number of hydrogen-bond acceptors (Lipinski definition) is 2. The van der Waals surface area contributed by atoms with E-state index in [1.807, 2.05) is 0 Å². The lowest BCUT2D eigenvalue weighted by molar-refractivity contribution is 0.339. The van der Waals surface area contributed by atoms with Crippen molar-refractivity contribution in [2.45, 2.75) is 33.6 Å². The standard InChI is InChI=1S/C12H21NS/c1-4-6-13-10-12(2,3)8-11-5-7-14-9-11/h5,7,9,13H,4,6,8,10H2,1-3H3. The Morgan fingerprint density at radius 2 is 2.21 bits per heavy atom. The Bertz CT molecular complexity index is 239. The highest BCUT2D eigenvalue weighted by atomic mass is 32.1. The van der Waals surface area contributed by atoms with E-state index in [4.69, 9.17) is 0 Å². The third-order valence-electron chi connectivity index (χ3n) is 2.29. The molecule has 0 saturated carbocycles. The minimum atomic E-state index is 0.371. The van der Waals surface area contributed by atoms with Crippen LogP contribution in [0, 0.1) is 5.41 Å². The van der Waals surface area contributed by atoms with Gasteiger partial charge in [-0.05, 0) is 47.2 Å². The average molecular weight is 211 g/mol. The molecule has 0 fully saturated rings. The van der Waals surface area contributed by atoms with Crippen LogP contribution in [0.1, 0.15) is 32.8 Å². The van der Waals surface area contributed by atoms with Gasteiger partial charge in [-0.15, -0.1) is 0 Å². The summed E-state index contributed by atoms with van der Waals surface area (Å²) >= 11 is 1.79.